The van der Waals surface area contributed by atoms with Crippen LogP contribution in [0.3, 0.4) is 0 Å². The van der Waals surface area contributed by atoms with Crippen LogP contribution in [0.15, 0.2) is 90.9 Å². The average Bonchev–Trinajstić information content (AvgIpc) is 2.87. The third kappa shape index (κ3) is 7.56. The van der Waals surface area contributed by atoms with Crippen molar-refractivity contribution in [2.24, 2.45) is 20.5 Å². The van der Waals surface area contributed by atoms with E-state index in [-0.39, 0.29) is 76.2 Å². The van der Waals surface area contributed by atoms with Gasteiger partial charge in [0, 0.05) is 17.5 Å². The number of nitro groups is 1. The van der Waals surface area contributed by atoms with Crippen LogP contribution in [0.2, 0.25) is 0 Å². The van der Waals surface area contributed by atoms with Crippen LogP contribution < -0.4 is 70.0 Å². The zero-order valence-corrected chi connectivity index (χ0v) is 27.7. The van der Waals surface area contributed by atoms with Gasteiger partial charge in [0.15, 0.2) is 0 Å². The number of benzene rings is 4. The Morgan fingerprint density at radius 1 is 0.857 bits per heavy atom. The van der Waals surface area contributed by atoms with Crippen molar-refractivity contribution < 1.29 is 95.1 Å². The Bertz CT molecular complexity index is 1970. The molecule has 206 valence electrons. The van der Waals surface area contributed by atoms with E-state index in [1.807, 2.05) is 0 Å². The molecule has 4 aromatic rings. The molecule has 0 amide bonds. The largest absolute Gasteiger partial charge is 1.00 e. The standard InChI is InChI=1S/C23H18N6O9S2.2Na/c1-12-4-2-3-5-16(12)26-28-22-18(40(36,37)38)11-13-10-17(39(33,34)35)21(20(24)19(13)23(22)30)27-25-14-6-8-15(9-7-14)29(31)32;;/h2-11,30H,24H2,1H3,(H,33,34,35)(H,36,37,38);;/q;2*+1/p-2. The van der Waals surface area contributed by atoms with Gasteiger partial charge in [-0.15, -0.1) is 10.2 Å². The van der Waals surface area contributed by atoms with Crippen molar-refractivity contribution >= 4 is 65.1 Å². The van der Waals surface area contributed by atoms with Gasteiger partial charge in [0.05, 0.1) is 32.6 Å². The number of non-ortho nitro benzene ring substituents is 1. The molecule has 0 unspecified atom stereocenters. The third-order valence-electron chi connectivity index (χ3n) is 5.54. The summed E-state index contributed by atoms with van der Waals surface area (Å²) in [7, 11) is -10.4. The molecule has 0 saturated carbocycles. The number of nitrogens with zero attached hydrogens (tertiary/aromatic N) is 5. The van der Waals surface area contributed by atoms with E-state index in [1.54, 1.807) is 25.1 Å². The maximum atomic E-state index is 13.4. The number of rotatable bonds is 7. The molecule has 15 nitrogen and oxygen atoms in total. The van der Waals surface area contributed by atoms with Crippen LogP contribution in [0.5, 0.6) is 5.75 Å². The van der Waals surface area contributed by atoms with Gasteiger partial charge in [-0.1, -0.05) is 23.9 Å². The fraction of sp³-hybridized carbons (Fsp3) is 0.0435. The maximum absolute atomic E-state index is 13.4. The fourth-order valence-electron chi connectivity index (χ4n) is 3.61. The first-order valence-electron chi connectivity index (χ1n) is 10.9. The minimum Gasteiger partial charge on any atom is -0.870 e. The third-order valence-corrected chi connectivity index (χ3v) is 7.26. The molecule has 42 heavy (non-hydrogen) atoms. The van der Waals surface area contributed by atoms with Crippen molar-refractivity contribution in [3.8, 4) is 5.75 Å². The van der Waals surface area contributed by atoms with Gasteiger partial charge < -0.3 is 15.4 Å². The average molecular weight is 631 g/mol. The number of hydrogen-bond acceptors (Lipinski definition) is 13. The van der Waals surface area contributed by atoms with E-state index in [4.69, 9.17) is 5.73 Å². The van der Waals surface area contributed by atoms with Crippen LogP contribution in [0, 0.1) is 17.0 Å². The number of hydrogen-bond donors (Lipinski definition) is 2. The van der Waals surface area contributed by atoms with Crippen LogP contribution in [0.25, 0.3) is 10.8 Å². The van der Waals surface area contributed by atoms with Gasteiger partial charge in [-0.3, -0.25) is 14.7 Å². The van der Waals surface area contributed by atoms with Gasteiger partial charge in [-0.05, 0) is 48.2 Å². The molecule has 0 radical (unpaired) electrons. The molecule has 0 bridgehead atoms. The molecule has 0 aromatic heterocycles. The SMILES string of the molecule is Cc1ccccc1N=Nc1c(S(=O)(=O)O)cc2cc(S(=O)(=O)[O-])c(N=Nc3ccc([N+](=O)[O-])cc3)c(N)c2c1[O-].[Na+].[Na+]. The molecule has 0 atom stereocenters. The van der Waals surface area contributed by atoms with E-state index in [0.717, 1.165) is 18.2 Å². The molecule has 0 saturated heterocycles. The number of aryl methyl sites for hydroxylation is 1. The second-order valence-corrected chi connectivity index (χ2v) is 10.9. The Morgan fingerprint density at radius 2 is 1.43 bits per heavy atom. The molecule has 0 aliphatic carbocycles. The fourth-order valence-corrected chi connectivity index (χ4v) is 4.92. The Labute approximate surface area is 282 Å². The molecule has 3 N–H and O–H groups in total. The molecule has 0 fully saturated rings. The topological polar surface area (TPSA) is 253 Å². The second kappa shape index (κ2) is 13.6. The Morgan fingerprint density at radius 3 is 1.98 bits per heavy atom. The molecular formula is C23H16N6Na2O9S2. The normalized spacial score (nSPS) is 11.9. The molecular weight excluding hydrogens is 614 g/mol. The molecule has 0 heterocycles. The number of nitro benzene ring substituents is 1. The number of fused-ring (bicyclic) bond motifs is 1. The zero-order valence-electron chi connectivity index (χ0n) is 22.1. The van der Waals surface area contributed by atoms with E-state index in [2.05, 4.69) is 20.5 Å². The summed E-state index contributed by atoms with van der Waals surface area (Å²) in [5.41, 5.74) is 4.51. The number of azo groups is 2. The van der Waals surface area contributed by atoms with Crippen molar-refractivity contribution in [2.75, 3.05) is 5.73 Å². The molecule has 0 aliphatic heterocycles. The summed E-state index contributed by atoms with van der Waals surface area (Å²) in [5, 5.41) is 38.5. The van der Waals surface area contributed by atoms with Crippen molar-refractivity contribution in [1.82, 2.24) is 0 Å². The summed E-state index contributed by atoms with van der Waals surface area (Å²) < 4.78 is 70.1. The van der Waals surface area contributed by atoms with Crippen LogP contribution in [0.1, 0.15) is 5.56 Å². The second-order valence-electron chi connectivity index (χ2n) is 8.18. The Kier molecular flexibility index (Phi) is 11.5. The quantitative estimate of drug-likeness (QED) is 0.0609. The first kappa shape index (κ1) is 35.4. The molecule has 4 aromatic carbocycles. The zero-order chi connectivity index (χ0) is 29.4. The minimum absolute atomic E-state index is 0. The van der Waals surface area contributed by atoms with Crippen molar-refractivity contribution in [2.45, 2.75) is 16.7 Å². The monoisotopic (exact) mass is 630 g/mol. The number of anilines is 1. The number of nitrogens with two attached hydrogens (primary N) is 1. The number of nitrogen functional groups attached to an aromatic ring is 1. The summed E-state index contributed by atoms with van der Waals surface area (Å²) in [6.07, 6.45) is 0. The van der Waals surface area contributed by atoms with E-state index in [9.17, 15) is 41.2 Å². The van der Waals surface area contributed by atoms with Gasteiger partial charge in [-0.2, -0.15) is 18.6 Å². The van der Waals surface area contributed by atoms with Crippen LogP contribution in [0.4, 0.5) is 34.1 Å². The van der Waals surface area contributed by atoms with Gasteiger partial charge in [-0.25, -0.2) is 8.42 Å². The smallest absolute Gasteiger partial charge is 0.870 e. The van der Waals surface area contributed by atoms with Crippen LogP contribution >= 0.6 is 0 Å². The maximum Gasteiger partial charge on any atom is 1.00 e. The summed E-state index contributed by atoms with van der Waals surface area (Å²) >= 11 is 0. The molecule has 4 rings (SSSR count). The molecule has 0 aliphatic rings. The van der Waals surface area contributed by atoms with Crippen LogP contribution in [-0.2, 0) is 20.2 Å². The van der Waals surface area contributed by atoms with Crippen LogP contribution in [-0.4, -0.2) is 30.9 Å². The van der Waals surface area contributed by atoms with Crippen molar-refractivity contribution in [3.63, 3.8) is 0 Å². The first-order valence-corrected chi connectivity index (χ1v) is 13.7. The van der Waals surface area contributed by atoms with Crippen molar-refractivity contribution in [3.05, 3.63) is 76.3 Å². The van der Waals surface area contributed by atoms with E-state index < -0.39 is 68.5 Å². The van der Waals surface area contributed by atoms with Gasteiger partial charge in [0.25, 0.3) is 15.8 Å². The predicted molar refractivity (Wildman–Crippen MR) is 138 cm³/mol. The first-order chi connectivity index (χ1) is 18.7. The summed E-state index contributed by atoms with van der Waals surface area (Å²) in [6.45, 7) is 1.68. The summed E-state index contributed by atoms with van der Waals surface area (Å²) in [5.74, 6) is -1.17. The minimum atomic E-state index is -5.32. The van der Waals surface area contributed by atoms with E-state index in [1.165, 1.54) is 18.2 Å². The van der Waals surface area contributed by atoms with Crippen molar-refractivity contribution in [1.29, 1.82) is 0 Å². The summed E-state index contributed by atoms with van der Waals surface area (Å²) in [4.78, 5) is 8.14. The van der Waals surface area contributed by atoms with Gasteiger partial charge in [0.2, 0.25) is 0 Å². The molecule has 0 spiro atoms. The molecule has 19 heteroatoms. The predicted octanol–water partition coefficient (Wildman–Crippen LogP) is -1.30. The van der Waals surface area contributed by atoms with Gasteiger partial charge >= 0.3 is 59.1 Å². The Hall–Kier alpha value is -2.84. The van der Waals surface area contributed by atoms with E-state index in [0.29, 0.717) is 11.6 Å². The van der Waals surface area contributed by atoms with E-state index >= 15 is 0 Å². The summed E-state index contributed by atoms with van der Waals surface area (Å²) in [6, 6.07) is 12.5. The van der Waals surface area contributed by atoms with Gasteiger partial charge in [0.1, 0.15) is 20.7 Å². The Balaban J connectivity index is 0.00000308.